The van der Waals surface area contributed by atoms with Gasteiger partial charge in [0.1, 0.15) is 5.75 Å². The van der Waals surface area contributed by atoms with Crippen LogP contribution in [0.5, 0.6) is 5.75 Å². The molecule has 0 fully saturated rings. The molecule has 0 aliphatic heterocycles. The molecule has 2 aromatic rings. The Morgan fingerprint density at radius 2 is 1.94 bits per heavy atom. The van der Waals surface area contributed by atoms with E-state index in [1.165, 1.54) is 0 Å². The summed E-state index contributed by atoms with van der Waals surface area (Å²) in [6, 6.07) is 13.5. The summed E-state index contributed by atoms with van der Waals surface area (Å²) in [7, 11) is 0. The van der Waals surface area contributed by atoms with Gasteiger partial charge in [-0.2, -0.15) is 0 Å². The topological polar surface area (TPSA) is 46.5 Å². The first kappa shape index (κ1) is 11.5. The fraction of sp³-hybridized carbons (Fsp3) is 0.214. The van der Waals surface area contributed by atoms with Crippen molar-refractivity contribution in [2.24, 2.45) is 0 Å². The van der Waals surface area contributed by atoms with E-state index < -0.39 is 12.1 Å². The highest BCUT2D eigenvalue weighted by molar-refractivity contribution is 5.83. The third kappa shape index (κ3) is 2.56. The van der Waals surface area contributed by atoms with Crippen molar-refractivity contribution in [1.29, 1.82) is 0 Å². The molecule has 0 radical (unpaired) electrons. The molecule has 0 aliphatic carbocycles. The third-order valence-corrected chi connectivity index (χ3v) is 2.65. The summed E-state index contributed by atoms with van der Waals surface area (Å²) in [4.78, 5) is 10.9. The standard InChI is InChI=1S/C14H14O3/c1-2-13(14(15)16)17-12-8-7-10-5-3-4-6-11(10)9-12/h3-9,13H,2H2,1H3,(H,15,16)/t13-/m0/s1. The maximum atomic E-state index is 10.9. The van der Waals surface area contributed by atoms with Gasteiger partial charge < -0.3 is 9.84 Å². The summed E-state index contributed by atoms with van der Waals surface area (Å²) < 4.78 is 5.43. The normalized spacial score (nSPS) is 12.3. The second kappa shape index (κ2) is 4.87. The van der Waals surface area contributed by atoms with Crippen molar-refractivity contribution in [3.05, 3.63) is 42.5 Å². The Hall–Kier alpha value is -2.03. The first-order chi connectivity index (χ1) is 8.20. The first-order valence-corrected chi connectivity index (χ1v) is 5.59. The van der Waals surface area contributed by atoms with Crippen molar-refractivity contribution in [2.75, 3.05) is 0 Å². The maximum Gasteiger partial charge on any atom is 0.344 e. The van der Waals surface area contributed by atoms with Crippen LogP contribution >= 0.6 is 0 Å². The Kier molecular flexibility index (Phi) is 3.28. The van der Waals surface area contributed by atoms with E-state index in [4.69, 9.17) is 9.84 Å². The van der Waals surface area contributed by atoms with E-state index in [-0.39, 0.29) is 0 Å². The molecule has 0 heterocycles. The van der Waals surface area contributed by atoms with Gasteiger partial charge in [-0.15, -0.1) is 0 Å². The molecule has 0 amide bonds. The van der Waals surface area contributed by atoms with Crippen LogP contribution in [0.3, 0.4) is 0 Å². The minimum Gasteiger partial charge on any atom is -0.479 e. The van der Waals surface area contributed by atoms with Crippen molar-refractivity contribution in [3.63, 3.8) is 0 Å². The lowest BCUT2D eigenvalue weighted by molar-refractivity contribution is -0.145. The quantitative estimate of drug-likeness (QED) is 0.877. The monoisotopic (exact) mass is 230 g/mol. The number of aliphatic carboxylic acids is 1. The Morgan fingerprint density at radius 3 is 2.59 bits per heavy atom. The second-order valence-electron chi connectivity index (χ2n) is 3.86. The zero-order valence-electron chi connectivity index (χ0n) is 9.59. The molecule has 2 rings (SSSR count). The molecule has 0 spiro atoms. The number of rotatable bonds is 4. The van der Waals surface area contributed by atoms with Crippen LogP contribution in [0.4, 0.5) is 0 Å². The molecule has 3 nitrogen and oxygen atoms in total. The van der Waals surface area contributed by atoms with Crippen molar-refractivity contribution < 1.29 is 14.6 Å². The van der Waals surface area contributed by atoms with Crippen LogP contribution in [0.25, 0.3) is 10.8 Å². The third-order valence-electron chi connectivity index (χ3n) is 2.65. The fourth-order valence-corrected chi connectivity index (χ4v) is 1.71. The van der Waals surface area contributed by atoms with Crippen molar-refractivity contribution in [1.82, 2.24) is 0 Å². The van der Waals surface area contributed by atoms with E-state index in [1.54, 1.807) is 13.0 Å². The van der Waals surface area contributed by atoms with E-state index in [0.717, 1.165) is 10.8 Å². The van der Waals surface area contributed by atoms with Gasteiger partial charge in [-0.3, -0.25) is 0 Å². The van der Waals surface area contributed by atoms with Crippen LogP contribution in [-0.4, -0.2) is 17.2 Å². The lowest BCUT2D eigenvalue weighted by Gasteiger charge is -2.13. The molecule has 0 aliphatic rings. The summed E-state index contributed by atoms with van der Waals surface area (Å²) in [5.74, 6) is -0.335. The van der Waals surface area contributed by atoms with Crippen molar-refractivity contribution >= 4 is 16.7 Å². The minimum absolute atomic E-state index is 0.447. The second-order valence-corrected chi connectivity index (χ2v) is 3.86. The minimum atomic E-state index is -0.930. The zero-order chi connectivity index (χ0) is 12.3. The molecule has 0 bridgehead atoms. The van der Waals surface area contributed by atoms with Crippen LogP contribution < -0.4 is 4.74 Å². The van der Waals surface area contributed by atoms with Gasteiger partial charge in [0.05, 0.1) is 0 Å². The number of benzene rings is 2. The average Bonchev–Trinajstić information content (AvgIpc) is 2.35. The Morgan fingerprint density at radius 1 is 1.24 bits per heavy atom. The summed E-state index contributed by atoms with van der Waals surface area (Å²) in [6.07, 6.45) is -0.335. The fourth-order valence-electron chi connectivity index (χ4n) is 1.71. The van der Waals surface area contributed by atoms with Crippen molar-refractivity contribution in [2.45, 2.75) is 19.4 Å². The lowest BCUT2D eigenvalue weighted by atomic mass is 10.1. The number of fused-ring (bicyclic) bond motifs is 1. The van der Waals surface area contributed by atoms with E-state index in [2.05, 4.69) is 0 Å². The van der Waals surface area contributed by atoms with Gasteiger partial charge in [-0.1, -0.05) is 37.3 Å². The number of carboxylic acids is 1. The molecule has 0 saturated heterocycles. The zero-order valence-corrected chi connectivity index (χ0v) is 9.59. The molecule has 0 unspecified atom stereocenters. The average molecular weight is 230 g/mol. The Labute approximate surface area is 99.6 Å². The number of carbonyl (C=O) groups is 1. The number of hydrogen-bond donors (Lipinski definition) is 1. The highest BCUT2D eigenvalue weighted by Crippen LogP contribution is 2.21. The predicted molar refractivity (Wildman–Crippen MR) is 66.3 cm³/mol. The molecular formula is C14H14O3. The highest BCUT2D eigenvalue weighted by atomic mass is 16.5. The summed E-state index contributed by atoms with van der Waals surface area (Å²) in [5.41, 5.74) is 0. The van der Waals surface area contributed by atoms with Gasteiger partial charge in [0, 0.05) is 0 Å². The number of ether oxygens (including phenoxy) is 1. The van der Waals surface area contributed by atoms with Gasteiger partial charge in [-0.05, 0) is 29.3 Å². The van der Waals surface area contributed by atoms with Gasteiger partial charge >= 0.3 is 5.97 Å². The summed E-state index contributed by atoms with van der Waals surface area (Å²) in [6.45, 7) is 1.79. The molecule has 0 aromatic heterocycles. The molecule has 3 heteroatoms. The molecule has 88 valence electrons. The van der Waals surface area contributed by atoms with E-state index >= 15 is 0 Å². The van der Waals surface area contributed by atoms with Gasteiger partial charge in [0.25, 0.3) is 0 Å². The van der Waals surface area contributed by atoms with Crippen LogP contribution in [0.1, 0.15) is 13.3 Å². The molecule has 0 saturated carbocycles. The molecule has 1 N–H and O–H groups in total. The van der Waals surface area contributed by atoms with E-state index in [9.17, 15) is 4.79 Å². The van der Waals surface area contributed by atoms with E-state index in [1.807, 2.05) is 36.4 Å². The molecule has 1 atom stereocenters. The highest BCUT2D eigenvalue weighted by Gasteiger charge is 2.16. The van der Waals surface area contributed by atoms with E-state index in [0.29, 0.717) is 12.2 Å². The smallest absolute Gasteiger partial charge is 0.344 e. The largest absolute Gasteiger partial charge is 0.479 e. The van der Waals surface area contributed by atoms with Gasteiger partial charge in [0.2, 0.25) is 0 Å². The van der Waals surface area contributed by atoms with Gasteiger partial charge in [0.15, 0.2) is 6.10 Å². The SMILES string of the molecule is CC[C@H](Oc1ccc2ccccc2c1)C(=O)O. The maximum absolute atomic E-state index is 10.9. The molecule has 17 heavy (non-hydrogen) atoms. The van der Waals surface area contributed by atoms with Crippen LogP contribution in [0, 0.1) is 0 Å². The first-order valence-electron chi connectivity index (χ1n) is 5.59. The number of carboxylic acid groups (broad SMARTS) is 1. The van der Waals surface area contributed by atoms with Gasteiger partial charge in [-0.25, -0.2) is 4.79 Å². The molecule has 2 aromatic carbocycles. The summed E-state index contributed by atoms with van der Waals surface area (Å²) >= 11 is 0. The Bertz CT molecular complexity index is 534. The van der Waals surface area contributed by atoms with Crippen molar-refractivity contribution in [3.8, 4) is 5.75 Å². The van der Waals surface area contributed by atoms with Crippen LogP contribution in [0.2, 0.25) is 0 Å². The molecular weight excluding hydrogens is 216 g/mol. The predicted octanol–water partition coefficient (Wildman–Crippen LogP) is 3.08. The lowest BCUT2D eigenvalue weighted by Crippen LogP contribution is -2.25. The van der Waals surface area contributed by atoms with Crippen LogP contribution in [-0.2, 0) is 4.79 Å². The van der Waals surface area contributed by atoms with Crippen LogP contribution in [0.15, 0.2) is 42.5 Å². The Balaban J connectivity index is 2.27. The summed E-state index contributed by atoms with van der Waals surface area (Å²) in [5, 5.41) is 11.1. The number of hydrogen-bond acceptors (Lipinski definition) is 2.